The second-order valence-electron chi connectivity index (χ2n) is 6.13. The molecule has 2 aromatic carbocycles. The number of likely N-dealkylation sites (tertiary alicyclic amines) is 1. The van der Waals surface area contributed by atoms with Crippen LogP contribution in [0.25, 0.3) is 0 Å². The van der Waals surface area contributed by atoms with Crippen molar-refractivity contribution in [3.05, 3.63) is 58.6 Å². The molecule has 0 aromatic heterocycles. The van der Waals surface area contributed by atoms with Crippen molar-refractivity contribution < 1.29 is 14.3 Å². The summed E-state index contributed by atoms with van der Waals surface area (Å²) in [4.78, 5) is 14.6. The maximum atomic E-state index is 12.7. The lowest BCUT2D eigenvalue weighted by molar-refractivity contribution is -0.137. The molecule has 1 fully saturated rings. The van der Waals surface area contributed by atoms with Crippen molar-refractivity contribution in [2.45, 2.75) is 31.8 Å². The number of amides is 1. The van der Waals surface area contributed by atoms with Crippen LogP contribution in [-0.4, -0.2) is 25.0 Å². The molecule has 1 amide bonds. The Morgan fingerprint density at radius 3 is 2.32 bits per heavy atom. The van der Waals surface area contributed by atoms with Gasteiger partial charge in [-0.3, -0.25) is 4.79 Å². The molecule has 4 nitrogen and oxygen atoms in total. The van der Waals surface area contributed by atoms with E-state index in [1.165, 1.54) is 0 Å². The van der Waals surface area contributed by atoms with Gasteiger partial charge >= 0.3 is 0 Å². The van der Waals surface area contributed by atoms with Crippen LogP contribution < -0.4 is 9.47 Å². The Balaban J connectivity index is 1.98. The van der Waals surface area contributed by atoms with E-state index in [1.807, 2.05) is 47.4 Å². The van der Waals surface area contributed by atoms with Crippen molar-refractivity contribution in [2.75, 3.05) is 14.2 Å². The average Bonchev–Trinajstić information content (AvgIpc) is 2.64. The predicted octanol–water partition coefficient (Wildman–Crippen LogP) is 4.61. The lowest BCUT2D eigenvalue weighted by Gasteiger charge is -2.37. The van der Waals surface area contributed by atoms with Crippen LogP contribution in [0.1, 0.15) is 36.4 Å². The van der Waals surface area contributed by atoms with Crippen LogP contribution in [0, 0.1) is 0 Å². The van der Waals surface area contributed by atoms with E-state index in [4.69, 9.17) is 21.1 Å². The Kier molecular flexibility index (Phi) is 5.49. The third kappa shape index (κ3) is 3.74. The molecule has 0 saturated carbocycles. The molecular formula is C20H22ClNO3. The zero-order valence-corrected chi connectivity index (χ0v) is 15.3. The molecule has 0 N–H and O–H groups in total. The number of halogens is 1. The minimum absolute atomic E-state index is 0.0666. The van der Waals surface area contributed by atoms with E-state index in [-0.39, 0.29) is 11.9 Å². The van der Waals surface area contributed by atoms with Crippen LogP contribution in [0.15, 0.2) is 42.5 Å². The molecule has 0 spiro atoms. The number of benzene rings is 2. The van der Waals surface area contributed by atoms with Crippen molar-refractivity contribution in [1.29, 1.82) is 0 Å². The van der Waals surface area contributed by atoms with Crippen LogP contribution in [0.3, 0.4) is 0 Å². The fourth-order valence-electron chi connectivity index (χ4n) is 3.41. The topological polar surface area (TPSA) is 38.8 Å². The first kappa shape index (κ1) is 17.6. The molecule has 0 bridgehead atoms. The number of hydrogen-bond donors (Lipinski definition) is 0. The van der Waals surface area contributed by atoms with E-state index in [0.717, 1.165) is 35.5 Å². The molecule has 25 heavy (non-hydrogen) atoms. The summed E-state index contributed by atoms with van der Waals surface area (Å²) in [5.74, 6) is 1.65. The van der Waals surface area contributed by atoms with E-state index in [0.29, 0.717) is 18.0 Å². The van der Waals surface area contributed by atoms with Crippen molar-refractivity contribution in [3.63, 3.8) is 0 Å². The SMILES string of the molecule is COc1cccc(OC)c1[C@H]1CCCC(=O)N1Cc1ccc(Cl)cc1. The largest absolute Gasteiger partial charge is 0.496 e. The number of piperidine rings is 1. The summed E-state index contributed by atoms with van der Waals surface area (Å²) >= 11 is 5.97. The van der Waals surface area contributed by atoms with E-state index >= 15 is 0 Å². The smallest absolute Gasteiger partial charge is 0.223 e. The first-order valence-corrected chi connectivity index (χ1v) is 8.76. The molecule has 2 aromatic rings. The van der Waals surface area contributed by atoms with Crippen LogP contribution in [-0.2, 0) is 11.3 Å². The second-order valence-corrected chi connectivity index (χ2v) is 6.57. The zero-order valence-electron chi connectivity index (χ0n) is 14.5. The standard InChI is InChI=1S/C20H22ClNO3/c1-24-17-6-4-7-18(25-2)20(17)16-5-3-8-19(23)22(16)13-14-9-11-15(21)12-10-14/h4,6-7,9-12,16H,3,5,8,13H2,1-2H3/t16-/m1/s1. The van der Waals surface area contributed by atoms with Crippen LogP contribution >= 0.6 is 11.6 Å². The van der Waals surface area contributed by atoms with Gasteiger partial charge in [0, 0.05) is 18.0 Å². The second kappa shape index (κ2) is 7.79. The molecule has 1 saturated heterocycles. The third-order valence-corrected chi connectivity index (χ3v) is 4.88. The molecule has 0 radical (unpaired) electrons. The van der Waals surface area contributed by atoms with Gasteiger partial charge in [0.1, 0.15) is 11.5 Å². The quantitative estimate of drug-likeness (QED) is 0.782. The Hall–Kier alpha value is -2.20. The lowest BCUT2D eigenvalue weighted by Crippen LogP contribution is -2.38. The number of methoxy groups -OCH3 is 2. The Morgan fingerprint density at radius 2 is 1.72 bits per heavy atom. The first-order valence-electron chi connectivity index (χ1n) is 8.39. The number of carbonyl (C=O) groups is 1. The molecule has 0 aliphatic carbocycles. The summed E-state index contributed by atoms with van der Waals surface area (Å²) in [5, 5.41) is 0.691. The van der Waals surface area contributed by atoms with Gasteiger partial charge in [-0.2, -0.15) is 0 Å². The minimum Gasteiger partial charge on any atom is -0.496 e. The van der Waals surface area contributed by atoms with Crippen molar-refractivity contribution in [1.82, 2.24) is 4.90 Å². The maximum Gasteiger partial charge on any atom is 0.223 e. The molecule has 1 atom stereocenters. The molecular weight excluding hydrogens is 338 g/mol. The molecule has 132 valence electrons. The van der Waals surface area contributed by atoms with Crippen LogP contribution in [0.2, 0.25) is 5.02 Å². The van der Waals surface area contributed by atoms with E-state index in [2.05, 4.69) is 0 Å². The van der Waals surface area contributed by atoms with E-state index in [9.17, 15) is 4.79 Å². The maximum absolute atomic E-state index is 12.7. The average molecular weight is 360 g/mol. The van der Waals surface area contributed by atoms with Crippen LogP contribution in [0.5, 0.6) is 11.5 Å². The Labute approximate surface area is 153 Å². The van der Waals surface area contributed by atoms with Gasteiger partial charge in [0.05, 0.1) is 25.8 Å². The fraction of sp³-hybridized carbons (Fsp3) is 0.350. The monoisotopic (exact) mass is 359 g/mol. The summed E-state index contributed by atoms with van der Waals surface area (Å²) in [5.41, 5.74) is 1.99. The van der Waals surface area contributed by atoms with Gasteiger partial charge in [-0.25, -0.2) is 0 Å². The van der Waals surface area contributed by atoms with Gasteiger partial charge in [0.15, 0.2) is 0 Å². The highest BCUT2D eigenvalue weighted by Gasteiger charge is 2.33. The fourth-order valence-corrected chi connectivity index (χ4v) is 3.54. The highest BCUT2D eigenvalue weighted by molar-refractivity contribution is 6.30. The van der Waals surface area contributed by atoms with Gasteiger partial charge in [0.25, 0.3) is 0 Å². The molecule has 1 heterocycles. The summed E-state index contributed by atoms with van der Waals surface area (Å²) in [6, 6.07) is 13.3. The third-order valence-electron chi connectivity index (χ3n) is 4.63. The highest BCUT2D eigenvalue weighted by atomic mass is 35.5. The van der Waals surface area contributed by atoms with Crippen LogP contribution in [0.4, 0.5) is 0 Å². The number of hydrogen-bond acceptors (Lipinski definition) is 3. The Morgan fingerprint density at radius 1 is 1.08 bits per heavy atom. The van der Waals surface area contributed by atoms with E-state index in [1.54, 1.807) is 14.2 Å². The van der Waals surface area contributed by atoms with Gasteiger partial charge < -0.3 is 14.4 Å². The lowest BCUT2D eigenvalue weighted by atomic mass is 9.92. The number of carbonyl (C=O) groups excluding carboxylic acids is 1. The van der Waals surface area contributed by atoms with Crippen molar-refractivity contribution in [3.8, 4) is 11.5 Å². The van der Waals surface area contributed by atoms with Gasteiger partial charge in [0.2, 0.25) is 5.91 Å². The molecule has 1 aliphatic rings. The minimum atomic E-state index is -0.0666. The van der Waals surface area contributed by atoms with Crippen molar-refractivity contribution in [2.24, 2.45) is 0 Å². The normalized spacial score (nSPS) is 17.5. The highest BCUT2D eigenvalue weighted by Crippen LogP contribution is 2.42. The van der Waals surface area contributed by atoms with E-state index < -0.39 is 0 Å². The summed E-state index contributed by atoms with van der Waals surface area (Å²) in [6.07, 6.45) is 2.32. The predicted molar refractivity (Wildman–Crippen MR) is 98.1 cm³/mol. The number of ether oxygens (including phenoxy) is 2. The first-order chi connectivity index (χ1) is 12.1. The molecule has 3 rings (SSSR count). The van der Waals surface area contributed by atoms with Gasteiger partial charge in [-0.05, 0) is 42.7 Å². The molecule has 5 heteroatoms. The zero-order chi connectivity index (χ0) is 17.8. The van der Waals surface area contributed by atoms with Gasteiger partial charge in [-0.15, -0.1) is 0 Å². The molecule has 0 unspecified atom stereocenters. The Bertz CT molecular complexity index is 723. The summed E-state index contributed by atoms with van der Waals surface area (Å²) in [7, 11) is 3.29. The van der Waals surface area contributed by atoms with Gasteiger partial charge in [-0.1, -0.05) is 29.8 Å². The summed E-state index contributed by atoms with van der Waals surface area (Å²) < 4.78 is 11.1. The van der Waals surface area contributed by atoms with Crippen molar-refractivity contribution >= 4 is 17.5 Å². The number of rotatable bonds is 5. The molecule has 1 aliphatic heterocycles. The number of nitrogens with zero attached hydrogens (tertiary/aromatic N) is 1. The summed E-state index contributed by atoms with van der Waals surface area (Å²) in [6.45, 7) is 0.544.